The Balaban J connectivity index is 0. The van der Waals surface area contributed by atoms with Gasteiger partial charge in [-0.2, -0.15) is 0 Å². The molecule has 0 unspecified atom stereocenters. The molecule has 0 fully saturated rings. The van der Waals surface area contributed by atoms with Gasteiger partial charge in [-0.3, -0.25) is 0 Å². The molecule has 0 aliphatic heterocycles. The van der Waals surface area contributed by atoms with Crippen molar-refractivity contribution in [3.63, 3.8) is 0 Å². The minimum atomic E-state index is -4.61. The first kappa shape index (κ1) is 10.5. The highest BCUT2D eigenvalue weighted by Gasteiger charge is 2.22. The maximum absolute atomic E-state index is 7.33. The molecule has 0 spiro atoms. The minimum Gasteiger partial charge on any atom is -0.368 e. The molecular formula is CH9AlO4Si. The second kappa shape index (κ2) is 4.74. The fourth-order valence-corrected chi connectivity index (χ4v) is 0. The van der Waals surface area contributed by atoms with Crippen LogP contribution in [0, 0.1) is 0 Å². The zero-order chi connectivity index (χ0) is 6.50. The molecule has 0 heterocycles. The van der Waals surface area contributed by atoms with Crippen LogP contribution in [0.1, 0.15) is 0 Å². The van der Waals surface area contributed by atoms with Gasteiger partial charge in [0.15, 0.2) is 0 Å². The van der Waals surface area contributed by atoms with Gasteiger partial charge in [-0.25, -0.2) is 0 Å². The number of hydrogen-bond acceptors (Lipinski definition) is 4. The van der Waals surface area contributed by atoms with Crippen LogP contribution in [0.25, 0.3) is 0 Å². The van der Waals surface area contributed by atoms with E-state index in [2.05, 4.69) is 5.79 Å². The van der Waals surface area contributed by atoms with Crippen molar-refractivity contribution in [2.24, 2.45) is 0 Å². The highest BCUT2D eigenvalue weighted by molar-refractivity contribution is 6.46. The Morgan fingerprint density at radius 2 is 1.00 bits per heavy atom. The van der Waals surface area contributed by atoms with Crippen LogP contribution in [0.5, 0.6) is 0 Å². The van der Waals surface area contributed by atoms with E-state index >= 15 is 0 Å². The first-order valence-electron chi connectivity index (χ1n) is 1.89. The van der Waals surface area contributed by atoms with Crippen molar-refractivity contribution in [2.75, 3.05) is 0 Å². The van der Waals surface area contributed by atoms with Crippen LogP contribution < -0.4 is 0 Å². The first-order valence-corrected chi connectivity index (χ1v) is 5.68. The van der Waals surface area contributed by atoms with Crippen LogP contribution in [0.3, 0.4) is 0 Å². The largest absolute Gasteiger partial charge is 0.668 e. The Hall–Kier alpha value is 0.589. The smallest absolute Gasteiger partial charge is 0.368 e. The van der Waals surface area contributed by atoms with Crippen molar-refractivity contribution in [1.82, 2.24) is 0 Å². The van der Waals surface area contributed by atoms with E-state index in [1.54, 1.807) is 0 Å². The van der Waals surface area contributed by atoms with Gasteiger partial charge in [0.05, 0.1) is 0 Å². The first-order chi connectivity index (χ1) is 3.00. The molecule has 0 aliphatic carbocycles. The standard InChI is InChI=1S/CH3.Al.H4O4Si.2H/c;;1-5(2,3)4;;/h1H3;;1-4H;;. The summed E-state index contributed by atoms with van der Waals surface area (Å²) in [6.07, 6.45) is 0. The van der Waals surface area contributed by atoms with Gasteiger partial charge in [-0.05, 0) is 0 Å². The average molecular weight is 140 g/mol. The van der Waals surface area contributed by atoms with E-state index in [-0.39, 0.29) is 0 Å². The lowest BCUT2D eigenvalue weighted by Gasteiger charge is -1.91. The van der Waals surface area contributed by atoms with Gasteiger partial charge >= 0.3 is 9.05 Å². The molecule has 44 valence electrons. The van der Waals surface area contributed by atoms with Crippen LogP contribution in [0.4, 0.5) is 0 Å². The average Bonchev–Trinajstić information content (AvgIpc) is 1.36. The molecule has 0 amide bonds. The van der Waals surface area contributed by atoms with Crippen molar-refractivity contribution in [3.8, 4) is 0 Å². The summed E-state index contributed by atoms with van der Waals surface area (Å²) in [4.78, 5) is 29.3. The molecule has 0 aromatic rings. The van der Waals surface area contributed by atoms with E-state index in [0.717, 1.165) is 0 Å². The summed E-state index contributed by atoms with van der Waals surface area (Å²) >= 11 is 1.31. The molecule has 0 saturated carbocycles. The fraction of sp³-hybridized carbons (Fsp3) is 1.00. The Bertz CT molecular complexity index is 27.2. The highest BCUT2D eigenvalue weighted by atomic mass is 28.4. The zero-order valence-corrected chi connectivity index (χ0v) is 7.29. The van der Waals surface area contributed by atoms with Crippen molar-refractivity contribution in [1.29, 1.82) is 0 Å². The predicted octanol–water partition coefficient (Wildman–Crippen LogP) is -2.94. The van der Waals surface area contributed by atoms with E-state index in [1.165, 1.54) is 16.3 Å². The van der Waals surface area contributed by atoms with E-state index in [1.807, 2.05) is 0 Å². The lowest BCUT2D eigenvalue weighted by molar-refractivity contribution is 0.117. The van der Waals surface area contributed by atoms with Crippen LogP contribution in [0.2, 0.25) is 5.79 Å². The quantitative estimate of drug-likeness (QED) is 0.271. The summed E-state index contributed by atoms with van der Waals surface area (Å²) in [5.74, 6) is 2.14. The molecule has 0 radical (unpaired) electrons. The molecule has 0 aliphatic rings. The Morgan fingerprint density at radius 3 is 1.00 bits per heavy atom. The summed E-state index contributed by atoms with van der Waals surface area (Å²) in [5.41, 5.74) is 0. The molecular weight excluding hydrogens is 131 g/mol. The third-order valence-corrected chi connectivity index (χ3v) is 0. The molecule has 0 saturated heterocycles. The lowest BCUT2D eigenvalue weighted by atomic mass is 11.9. The Morgan fingerprint density at radius 1 is 1.00 bits per heavy atom. The summed E-state index contributed by atoms with van der Waals surface area (Å²) < 4.78 is 0. The molecule has 0 bridgehead atoms. The predicted molar refractivity (Wildman–Crippen MR) is 29.0 cm³/mol. The van der Waals surface area contributed by atoms with Crippen molar-refractivity contribution in [3.05, 3.63) is 0 Å². The molecule has 7 heavy (non-hydrogen) atoms. The van der Waals surface area contributed by atoms with Crippen LogP contribution in [-0.4, -0.2) is 44.5 Å². The molecule has 4 N–H and O–H groups in total. The third kappa shape index (κ3) is 400. The van der Waals surface area contributed by atoms with E-state index in [9.17, 15) is 0 Å². The second-order valence-electron chi connectivity index (χ2n) is 0.600. The monoisotopic (exact) mass is 140 g/mol. The van der Waals surface area contributed by atoms with Crippen molar-refractivity contribution >= 4 is 25.3 Å². The summed E-state index contributed by atoms with van der Waals surface area (Å²) in [5, 5.41) is 0. The van der Waals surface area contributed by atoms with E-state index in [0.29, 0.717) is 0 Å². The number of hydrogen-bond donors (Lipinski definition) is 4. The minimum absolute atomic E-state index is 1.31. The Labute approximate surface area is 51.0 Å². The topological polar surface area (TPSA) is 80.9 Å². The zero-order valence-electron chi connectivity index (χ0n) is 4.29. The van der Waals surface area contributed by atoms with Gasteiger partial charge in [0, 0.05) is 0 Å². The van der Waals surface area contributed by atoms with Gasteiger partial charge in [-0.1, -0.05) is 0 Å². The Kier molecular flexibility index (Phi) is 7.14. The lowest BCUT2D eigenvalue weighted by Crippen LogP contribution is -2.33. The molecule has 0 atom stereocenters. The molecule has 0 rings (SSSR count). The molecule has 0 aromatic carbocycles. The summed E-state index contributed by atoms with van der Waals surface area (Å²) in [6, 6.07) is 0. The van der Waals surface area contributed by atoms with E-state index < -0.39 is 9.05 Å². The third-order valence-electron chi connectivity index (χ3n) is 0. The SMILES string of the molecule is O[Si](O)(O)O.[CH3][AlH2]. The fourth-order valence-electron chi connectivity index (χ4n) is 0. The van der Waals surface area contributed by atoms with Gasteiger partial charge in [0.25, 0.3) is 0 Å². The van der Waals surface area contributed by atoms with Crippen LogP contribution in [-0.2, 0) is 0 Å². The molecule has 6 heteroatoms. The maximum atomic E-state index is 7.33. The second-order valence-corrected chi connectivity index (χ2v) is 1.80. The van der Waals surface area contributed by atoms with Gasteiger partial charge in [-0.15, -0.1) is 5.79 Å². The molecule has 4 nitrogen and oxygen atoms in total. The normalized spacial score (nSPS) is 9.29. The van der Waals surface area contributed by atoms with Gasteiger partial charge in [0.1, 0.15) is 0 Å². The summed E-state index contributed by atoms with van der Waals surface area (Å²) in [7, 11) is -4.61. The van der Waals surface area contributed by atoms with Gasteiger partial charge < -0.3 is 19.2 Å². The molecule has 0 aromatic heterocycles. The van der Waals surface area contributed by atoms with Gasteiger partial charge in [0.2, 0.25) is 16.3 Å². The maximum Gasteiger partial charge on any atom is 0.668 e. The van der Waals surface area contributed by atoms with Crippen molar-refractivity contribution < 1.29 is 19.2 Å². The summed E-state index contributed by atoms with van der Waals surface area (Å²) in [6.45, 7) is 0. The van der Waals surface area contributed by atoms with Crippen LogP contribution >= 0.6 is 0 Å². The van der Waals surface area contributed by atoms with Crippen molar-refractivity contribution in [2.45, 2.75) is 5.79 Å². The highest BCUT2D eigenvalue weighted by Crippen LogP contribution is 1.67. The van der Waals surface area contributed by atoms with E-state index in [4.69, 9.17) is 19.2 Å². The van der Waals surface area contributed by atoms with Crippen LogP contribution in [0.15, 0.2) is 0 Å². The number of rotatable bonds is 0.